The topological polar surface area (TPSA) is 45.0 Å². The summed E-state index contributed by atoms with van der Waals surface area (Å²) in [6.07, 6.45) is 1.87. The molecule has 0 amide bonds. The van der Waals surface area contributed by atoms with Gasteiger partial charge in [-0.1, -0.05) is 31.5 Å². The molecule has 0 spiro atoms. The molecule has 146 valence electrons. The quantitative estimate of drug-likeness (QED) is 0.737. The normalized spacial score (nSPS) is 15.9. The Balaban J connectivity index is 2.18. The summed E-state index contributed by atoms with van der Waals surface area (Å²) in [4.78, 5) is 6.70. The monoisotopic (exact) mass is 388 g/mol. The molecule has 0 saturated carbocycles. The molecule has 1 atom stereocenters. The molecule has 2 N–H and O–H groups in total. The van der Waals surface area contributed by atoms with Crippen LogP contribution in [-0.4, -0.2) is 33.5 Å². The minimum absolute atomic E-state index is 0.318. The highest BCUT2D eigenvalue weighted by atomic mass is 35.5. The second kappa shape index (κ2) is 8.28. The van der Waals surface area contributed by atoms with Crippen LogP contribution in [0, 0.1) is 0 Å². The highest BCUT2D eigenvalue weighted by molar-refractivity contribution is 6.30. The second-order valence-electron chi connectivity index (χ2n) is 6.84. The van der Waals surface area contributed by atoms with Crippen LogP contribution < -0.4 is 25.2 Å². The van der Waals surface area contributed by atoms with E-state index in [9.17, 15) is 0 Å². The molecule has 0 aromatic heterocycles. The van der Waals surface area contributed by atoms with E-state index in [0.717, 1.165) is 43.0 Å². The molecule has 0 aliphatic carbocycles. The van der Waals surface area contributed by atoms with Crippen LogP contribution in [0.1, 0.15) is 26.7 Å². The highest BCUT2D eigenvalue weighted by Gasteiger charge is 2.36. The van der Waals surface area contributed by atoms with Crippen LogP contribution in [0.25, 0.3) is 0 Å². The Bertz CT molecular complexity index is 792. The van der Waals surface area contributed by atoms with Gasteiger partial charge in [0.25, 0.3) is 0 Å². The molecule has 5 nitrogen and oxygen atoms in total. The van der Waals surface area contributed by atoms with Gasteiger partial charge >= 0.3 is 0 Å². The van der Waals surface area contributed by atoms with Crippen molar-refractivity contribution in [2.75, 3.05) is 41.9 Å². The first kappa shape index (κ1) is 19.6. The maximum atomic E-state index is 6.63. The molecule has 1 unspecified atom stereocenters. The molecule has 0 bridgehead atoms. The van der Waals surface area contributed by atoms with Crippen molar-refractivity contribution in [3.05, 3.63) is 41.4 Å². The van der Waals surface area contributed by atoms with Gasteiger partial charge in [-0.05, 0) is 37.1 Å². The Morgan fingerprint density at radius 1 is 1.11 bits per heavy atom. The van der Waals surface area contributed by atoms with Crippen LogP contribution in [0.5, 0.6) is 5.75 Å². The molecule has 2 aromatic carbocycles. The fourth-order valence-electron chi connectivity index (χ4n) is 3.76. The van der Waals surface area contributed by atoms with Crippen molar-refractivity contribution < 1.29 is 4.74 Å². The molecule has 3 rings (SSSR count). The lowest BCUT2D eigenvalue weighted by Crippen LogP contribution is -2.46. The summed E-state index contributed by atoms with van der Waals surface area (Å²) >= 11 is 6.18. The van der Waals surface area contributed by atoms with Gasteiger partial charge in [-0.2, -0.15) is 0 Å². The van der Waals surface area contributed by atoms with Crippen LogP contribution in [-0.2, 0) is 0 Å². The van der Waals surface area contributed by atoms with Gasteiger partial charge in [0.2, 0.25) is 0 Å². The van der Waals surface area contributed by atoms with E-state index in [1.54, 1.807) is 7.11 Å². The summed E-state index contributed by atoms with van der Waals surface area (Å²) in [5, 5.41) is 0.642. The van der Waals surface area contributed by atoms with E-state index < -0.39 is 0 Å². The predicted octanol–water partition coefficient (Wildman–Crippen LogP) is 4.81. The molecule has 1 aliphatic rings. The molecular formula is C21H29ClN4O. The maximum Gasteiger partial charge on any atom is 0.159 e. The van der Waals surface area contributed by atoms with Gasteiger partial charge in [-0.25, -0.2) is 0 Å². The number of anilines is 4. The molecule has 0 fully saturated rings. The molecule has 0 saturated heterocycles. The van der Waals surface area contributed by atoms with E-state index in [4.69, 9.17) is 22.1 Å². The summed E-state index contributed by atoms with van der Waals surface area (Å²) in [5.41, 5.74) is 11.0. The van der Waals surface area contributed by atoms with Gasteiger partial charge in [0.1, 0.15) is 5.75 Å². The van der Waals surface area contributed by atoms with E-state index in [-0.39, 0.29) is 6.29 Å². The first-order chi connectivity index (χ1) is 13.0. The Hall–Kier alpha value is -2.11. The lowest BCUT2D eigenvalue weighted by Gasteiger charge is -2.32. The van der Waals surface area contributed by atoms with Crippen LogP contribution in [0.3, 0.4) is 0 Å². The van der Waals surface area contributed by atoms with E-state index in [1.807, 2.05) is 25.2 Å². The predicted molar refractivity (Wildman–Crippen MR) is 116 cm³/mol. The first-order valence-corrected chi connectivity index (χ1v) is 9.90. The third-order valence-corrected chi connectivity index (χ3v) is 5.24. The number of rotatable bonds is 7. The smallest absolute Gasteiger partial charge is 0.159 e. The molecule has 6 heteroatoms. The maximum absolute atomic E-state index is 6.63. The molecule has 1 aliphatic heterocycles. The molecule has 0 radical (unpaired) electrons. The zero-order chi connectivity index (χ0) is 19.6. The van der Waals surface area contributed by atoms with Crippen molar-refractivity contribution >= 4 is 34.4 Å². The van der Waals surface area contributed by atoms with E-state index in [0.29, 0.717) is 10.8 Å². The van der Waals surface area contributed by atoms with E-state index in [1.165, 1.54) is 5.69 Å². The molecule has 1 heterocycles. The van der Waals surface area contributed by atoms with Gasteiger partial charge in [-0.15, -0.1) is 0 Å². The zero-order valence-electron chi connectivity index (χ0n) is 16.6. The standard InChI is InChI=1S/C21H29ClN4O/c1-5-12-25(13-6-2)18-9-7-8-17-20(18)26(21(23)24(17)3)16-11-10-15(22)14-19(16)27-4/h7-11,14,21H,5-6,12-13,23H2,1-4H3. The minimum atomic E-state index is -0.318. The van der Waals surface area contributed by atoms with Crippen molar-refractivity contribution in [1.29, 1.82) is 0 Å². The summed E-state index contributed by atoms with van der Waals surface area (Å²) < 4.78 is 5.62. The van der Waals surface area contributed by atoms with Gasteiger partial charge in [0.15, 0.2) is 6.29 Å². The number of hydrogen-bond donors (Lipinski definition) is 1. The number of benzene rings is 2. The first-order valence-electron chi connectivity index (χ1n) is 9.52. The minimum Gasteiger partial charge on any atom is -0.495 e. The third kappa shape index (κ3) is 3.54. The average Bonchev–Trinajstić information content (AvgIpc) is 2.92. The summed E-state index contributed by atoms with van der Waals surface area (Å²) in [6.45, 7) is 6.44. The van der Waals surface area contributed by atoms with Crippen molar-refractivity contribution in [2.45, 2.75) is 33.0 Å². The van der Waals surface area contributed by atoms with Crippen molar-refractivity contribution in [3.8, 4) is 5.75 Å². The number of nitrogens with zero attached hydrogens (tertiary/aromatic N) is 3. The summed E-state index contributed by atoms with van der Waals surface area (Å²) in [7, 11) is 3.69. The zero-order valence-corrected chi connectivity index (χ0v) is 17.3. The number of para-hydroxylation sites is 1. The SMILES string of the molecule is CCCN(CCC)c1cccc2c1N(c1ccc(Cl)cc1OC)C(N)N2C. The fourth-order valence-corrected chi connectivity index (χ4v) is 3.92. The Labute approximate surface area is 167 Å². The van der Waals surface area contributed by atoms with Gasteiger partial charge in [-0.3, -0.25) is 5.73 Å². The summed E-state index contributed by atoms with van der Waals surface area (Å²) in [5.74, 6) is 0.714. The van der Waals surface area contributed by atoms with Crippen molar-refractivity contribution in [3.63, 3.8) is 0 Å². The number of ether oxygens (including phenoxy) is 1. The Morgan fingerprint density at radius 2 is 1.81 bits per heavy atom. The van der Waals surface area contributed by atoms with Gasteiger partial charge < -0.3 is 19.4 Å². The molecular weight excluding hydrogens is 360 g/mol. The Kier molecular flexibility index (Phi) is 6.02. The number of methoxy groups -OCH3 is 1. The number of nitrogens with two attached hydrogens (primary N) is 1. The van der Waals surface area contributed by atoms with Gasteiger partial charge in [0.05, 0.1) is 29.9 Å². The third-order valence-electron chi connectivity index (χ3n) is 5.00. The average molecular weight is 389 g/mol. The van der Waals surface area contributed by atoms with Gasteiger partial charge in [0, 0.05) is 31.2 Å². The number of halogens is 1. The number of fused-ring (bicyclic) bond motifs is 1. The highest BCUT2D eigenvalue weighted by Crippen LogP contribution is 2.50. The lowest BCUT2D eigenvalue weighted by molar-refractivity contribution is 0.414. The second-order valence-corrected chi connectivity index (χ2v) is 7.28. The lowest BCUT2D eigenvalue weighted by atomic mass is 10.1. The molecule has 2 aromatic rings. The molecule has 27 heavy (non-hydrogen) atoms. The van der Waals surface area contributed by atoms with E-state index in [2.05, 4.69) is 46.7 Å². The van der Waals surface area contributed by atoms with Crippen LogP contribution in [0.2, 0.25) is 5.02 Å². The van der Waals surface area contributed by atoms with Crippen molar-refractivity contribution in [1.82, 2.24) is 0 Å². The number of hydrogen-bond acceptors (Lipinski definition) is 5. The van der Waals surface area contributed by atoms with Crippen LogP contribution >= 0.6 is 11.6 Å². The fraction of sp³-hybridized carbons (Fsp3) is 0.429. The van der Waals surface area contributed by atoms with E-state index >= 15 is 0 Å². The summed E-state index contributed by atoms with van der Waals surface area (Å²) in [6, 6.07) is 12.1. The van der Waals surface area contributed by atoms with Crippen LogP contribution in [0.15, 0.2) is 36.4 Å². The van der Waals surface area contributed by atoms with Crippen LogP contribution in [0.4, 0.5) is 22.7 Å². The van der Waals surface area contributed by atoms with Crippen molar-refractivity contribution in [2.24, 2.45) is 5.73 Å². The Morgan fingerprint density at radius 3 is 2.44 bits per heavy atom. The largest absolute Gasteiger partial charge is 0.495 e.